The van der Waals surface area contributed by atoms with E-state index in [0.29, 0.717) is 6.42 Å². The molecular weight excluding hydrogens is 496 g/mol. The number of aliphatic hydroxyl groups is 1. The van der Waals surface area contributed by atoms with E-state index in [1.807, 2.05) is 0 Å². The number of hydrogen-bond donors (Lipinski definition) is 1. The number of aliphatic hydroxyl groups excluding tert-OH is 1. The van der Waals surface area contributed by atoms with Crippen LogP contribution in [-0.2, 0) is 6.42 Å². The molecule has 1 aliphatic heterocycles. The van der Waals surface area contributed by atoms with Crippen molar-refractivity contribution in [3.63, 3.8) is 0 Å². The summed E-state index contributed by atoms with van der Waals surface area (Å²) in [5.41, 5.74) is 4.09. The molecule has 0 spiro atoms. The third kappa shape index (κ3) is 8.99. The second kappa shape index (κ2) is 13.8. The van der Waals surface area contributed by atoms with Gasteiger partial charge in [-0.1, -0.05) is 93.4 Å². The predicted octanol–water partition coefficient (Wildman–Crippen LogP) is 10.5. The van der Waals surface area contributed by atoms with E-state index < -0.39 is 20.0 Å². The molecule has 0 amide bonds. The summed E-state index contributed by atoms with van der Waals surface area (Å²) < 4.78 is 13.6. The molecule has 4 atom stereocenters. The van der Waals surface area contributed by atoms with Gasteiger partial charge in [0.15, 0.2) is 0 Å². The lowest BCUT2D eigenvalue weighted by Gasteiger charge is -2.43. The molecule has 39 heavy (non-hydrogen) atoms. The lowest BCUT2D eigenvalue weighted by molar-refractivity contribution is -0.0617. The normalized spacial score (nSPS) is 21.5. The maximum atomic E-state index is 11.3. The topological polar surface area (TPSA) is 38.7 Å². The average molecular weight is 561 g/mol. The number of hydrogen-bond acceptors (Lipinski definition) is 3. The van der Waals surface area contributed by atoms with Crippen LogP contribution in [0.25, 0.3) is 0 Å². The SMILES string of the molecule is Cc1c(C)c2c(c(C)c1O[Si](C)(C)C(C)(C)C)C[C@@H](O)[C@@](C)(CCC[C@H](C)CCC[C@H](C)CCCC(C)C)O2. The Kier molecular flexibility index (Phi) is 12.1. The summed E-state index contributed by atoms with van der Waals surface area (Å²) in [7, 11) is -1.98. The Morgan fingerprint density at radius 1 is 0.872 bits per heavy atom. The lowest BCUT2D eigenvalue weighted by Crippen LogP contribution is -2.49. The van der Waals surface area contributed by atoms with Crippen molar-refractivity contribution in [2.75, 3.05) is 0 Å². The summed E-state index contributed by atoms with van der Waals surface area (Å²) >= 11 is 0. The first-order valence-electron chi connectivity index (χ1n) is 16.1. The Morgan fingerprint density at radius 3 is 1.90 bits per heavy atom. The Morgan fingerprint density at radius 2 is 1.38 bits per heavy atom. The van der Waals surface area contributed by atoms with Crippen LogP contribution in [0.4, 0.5) is 0 Å². The van der Waals surface area contributed by atoms with E-state index in [0.717, 1.165) is 53.2 Å². The Hall–Kier alpha value is -1.00. The van der Waals surface area contributed by atoms with E-state index in [1.54, 1.807) is 0 Å². The zero-order chi connectivity index (χ0) is 29.8. The van der Waals surface area contributed by atoms with Crippen molar-refractivity contribution in [3.05, 3.63) is 22.3 Å². The zero-order valence-corrected chi connectivity index (χ0v) is 29.1. The standard InChI is InChI=1S/C35H64O3Si/c1-24(2)17-14-18-25(3)19-15-20-26(4)21-16-22-35(11)31(36)23-30-29(7)32(27(5)28(6)33(30)37-35)38-39(12,13)34(8,9)10/h24-26,31,36H,14-23H2,1-13H3/t25-,26-,31-,35-/m1/s1. The van der Waals surface area contributed by atoms with Crippen LogP contribution in [0.3, 0.4) is 0 Å². The fourth-order valence-electron chi connectivity index (χ4n) is 5.81. The highest BCUT2D eigenvalue weighted by atomic mass is 28.4. The van der Waals surface area contributed by atoms with Gasteiger partial charge < -0.3 is 14.3 Å². The lowest BCUT2D eigenvalue weighted by atomic mass is 9.81. The van der Waals surface area contributed by atoms with E-state index >= 15 is 0 Å². The highest BCUT2D eigenvalue weighted by Crippen LogP contribution is 2.47. The fourth-order valence-corrected chi connectivity index (χ4v) is 6.93. The third-order valence-corrected chi connectivity index (χ3v) is 14.5. The molecular formula is C35H64O3Si. The minimum atomic E-state index is -1.98. The quantitative estimate of drug-likeness (QED) is 0.230. The van der Waals surface area contributed by atoms with Gasteiger partial charge in [0.1, 0.15) is 17.1 Å². The molecule has 0 bridgehead atoms. The van der Waals surface area contributed by atoms with Crippen molar-refractivity contribution in [1.29, 1.82) is 0 Å². The van der Waals surface area contributed by atoms with Gasteiger partial charge in [-0.3, -0.25) is 0 Å². The zero-order valence-electron chi connectivity index (χ0n) is 28.1. The Balaban J connectivity index is 1.99. The van der Waals surface area contributed by atoms with Gasteiger partial charge in [-0.2, -0.15) is 0 Å². The van der Waals surface area contributed by atoms with E-state index in [-0.39, 0.29) is 5.04 Å². The molecule has 0 aromatic heterocycles. The Labute approximate surface area is 244 Å². The molecule has 0 radical (unpaired) electrons. The first-order valence-corrected chi connectivity index (χ1v) is 19.0. The molecule has 4 heteroatoms. The van der Waals surface area contributed by atoms with Gasteiger partial charge in [0.2, 0.25) is 0 Å². The van der Waals surface area contributed by atoms with E-state index in [2.05, 4.69) is 89.3 Å². The third-order valence-electron chi connectivity index (χ3n) is 10.2. The first-order chi connectivity index (χ1) is 17.9. The first kappa shape index (κ1) is 34.2. The van der Waals surface area contributed by atoms with Gasteiger partial charge >= 0.3 is 0 Å². The van der Waals surface area contributed by atoms with Crippen molar-refractivity contribution in [1.82, 2.24) is 0 Å². The van der Waals surface area contributed by atoms with E-state index in [4.69, 9.17) is 9.16 Å². The van der Waals surface area contributed by atoms with Crippen LogP contribution < -0.4 is 9.16 Å². The van der Waals surface area contributed by atoms with Crippen LogP contribution in [-0.4, -0.2) is 25.1 Å². The van der Waals surface area contributed by atoms with Crippen LogP contribution in [0, 0.1) is 38.5 Å². The highest BCUT2D eigenvalue weighted by Gasteiger charge is 2.43. The summed E-state index contributed by atoms with van der Waals surface area (Å²) in [4.78, 5) is 0. The van der Waals surface area contributed by atoms with Crippen molar-refractivity contribution < 1.29 is 14.3 Å². The average Bonchev–Trinajstić information content (AvgIpc) is 2.81. The van der Waals surface area contributed by atoms with Crippen LogP contribution in [0.2, 0.25) is 18.1 Å². The van der Waals surface area contributed by atoms with Gasteiger partial charge in [0.25, 0.3) is 8.32 Å². The maximum absolute atomic E-state index is 11.3. The molecule has 226 valence electrons. The molecule has 1 aromatic carbocycles. The summed E-state index contributed by atoms with van der Waals surface area (Å²) in [5.74, 6) is 4.41. The maximum Gasteiger partial charge on any atom is 0.250 e. The number of fused-ring (bicyclic) bond motifs is 1. The Bertz CT molecular complexity index is 929. The van der Waals surface area contributed by atoms with Gasteiger partial charge in [-0.25, -0.2) is 0 Å². The van der Waals surface area contributed by atoms with Crippen LogP contribution in [0.5, 0.6) is 11.5 Å². The summed E-state index contributed by atoms with van der Waals surface area (Å²) in [6, 6.07) is 0. The van der Waals surface area contributed by atoms with Gasteiger partial charge in [-0.15, -0.1) is 0 Å². The molecule has 0 saturated heterocycles. The minimum absolute atomic E-state index is 0.132. The van der Waals surface area contributed by atoms with E-state index in [9.17, 15) is 5.11 Å². The molecule has 2 rings (SSSR count). The number of ether oxygens (including phenoxy) is 1. The highest BCUT2D eigenvalue weighted by molar-refractivity contribution is 6.74. The van der Waals surface area contributed by atoms with Crippen LogP contribution in [0.1, 0.15) is 135 Å². The molecule has 3 nitrogen and oxygen atoms in total. The van der Waals surface area contributed by atoms with Gasteiger partial charge in [-0.05, 0) is 93.1 Å². The molecule has 1 N–H and O–H groups in total. The molecule has 0 saturated carbocycles. The second-order valence-corrected chi connectivity index (χ2v) is 20.1. The molecule has 1 aromatic rings. The predicted molar refractivity (Wildman–Crippen MR) is 172 cm³/mol. The number of benzene rings is 1. The summed E-state index contributed by atoms with van der Waals surface area (Å²) in [5, 5.41) is 11.5. The van der Waals surface area contributed by atoms with E-state index in [1.165, 1.54) is 56.1 Å². The van der Waals surface area contributed by atoms with Gasteiger partial charge in [0, 0.05) is 12.0 Å². The van der Waals surface area contributed by atoms with Gasteiger partial charge in [0.05, 0.1) is 6.10 Å². The minimum Gasteiger partial charge on any atom is -0.543 e. The largest absolute Gasteiger partial charge is 0.543 e. The van der Waals surface area contributed by atoms with Crippen molar-refractivity contribution in [2.45, 2.75) is 170 Å². The molecule has 0 unspecified atom stereocenters. The van der Waals surface area contributed by atoms with Crippen molar-refractivity contribution >= 4 is 8.32 Å². The second-order valence-electron chi connectivity index (χ2n) is 15.4. The molecule has 0 fully saturated rings. The fraction of sp³-hybridized carbons (Fsp3) is 0.829. The molecule has 1 heterocycles. The van der Waals surface area contributed by atoms with Crippen LogP contribution >= 0.6 is 0 Å². The van der Waals surface area contributed by atoms with Crippen molar-refractivity contribution in [3.8, 4) is 11.5 Å². The van der Waals surface area contributed by atoms with Crippen LogP contribution in [0.15, 0.2) is 0 Å². The molecule has 0 aliphatic carbocycles. The molecule has 1 aliphatic rings. The smallest absolute Gasteiger partial charge is 0.250 e. The summed E-state index contributed by atoms with van der Waals surface area (Å²) in [6.07, 6.45) is 11.4. The number of rotatable bonds is 14. The summed E-state index contributed by atoms with van der Waals surface area (Å²) in [6.45, 7) is 29.5. The monoisotopic (exact) mass is 560 g/mol. The van der Waals surface area contributed by atoms with Crippen molar-refractivity contribution in [2.24, 2.45) is 17.8 Å².